The van der Waals surface area contributed by atoms with Crippen LogP contribution >= 0.6 is 11.8 Å². The molecule has 0 N–H and O–H groups in total. The molecular formula is C12H11F3OS. The van der Waals surface area contributed by atoms with Crippen molar-refractivity contribution < 1.29 is 18.0 Å². The summed E-state index contributed by atoms with van der Waals surface area (Å²) in [5.41, 5.74) is -0.0826. The van der Waals surface area contributed by atoms with E-state index >= 15 is 0 Å². The summed E-state index contributed by atoms with van der Waals surface area (Å²) in [5, 5.41) is -0.256. The number of Topliss-reactive ketones (excluding diaryl/α,β-unsaturated/α-hetero) is 1. The molecule has 1 saturated heterocycles. The van der Waals surface area contributed by atoms with Gasteiger partial charge in [0.05, 0.1) is 5.25 Å². The van der Waals surface area contributed by atoms with Crippen LogP contribution in [0, 0.1) is 17.5 Å². The van der Waals surface area contributed by atoms with E-state index in [9.17, 15) is 18.0 Å². The van der Waals surface area contributed by atoms with Crippen LogP contribution in [0.5, 0.6) is 0 Å². The minimum Gasteiger partial charge on any atom is -0.293 e. The van der Waals surface area contributed by atoms with Crippen LogP contribution < -0.4 is 0 Å². The SMILES string of the molecule is O=C(c1cc(F)c(F)c(F)c1)C1CCCCS1. The van der Waals surface area contributed by atoms with Crippen molar-refractivity contribution in [1.82, 2.24) is 0 Å². The first-order valence-corrected chi connectivity index (χ1v) is 6.45. The highest BCUT2D eigenvalue weighted by Gasteiger charge is 2.24. The van der Waals surface area contributed by atoms with E-state index in [1.54, 1.807) is 0 Å². The van der Waals surface area contributed by atoms with Crippen LogP contribution in [0.4, 0.5) is 13.2 Å². The second-order valence-electron chi connectivity index (χ2n) is 3.97. The molecule has 1 aromatic carbocycles. The van der Waals surface area contributed by atoms with Gasteiger partial charge in [0, 0.05) is 5.56 Å². The van der Waals surface area contributed by atoms with Gasteiger partial charge in [-0.2, -0.15) is 11.8 Å². The molecular weight excluding hydrogens is 249 g/mol. The normalized spacial score (nSPS) is 20.3. The van der Waals surface area contributed by atoms with Crippen LogP contribution in [0.2, 0.25) is 0 Å². The van der Waals surface area contributed by atoms with Gasteiger partial charge >= 0.3 is 0 Å². The number of thioether (sulfide) groups is 1. The Bertz CT molecular complexity index is 418. The molecule has 0 spiro atoms. The zero-order chi connectivity index (χ0) is 12.4. The molecule has 1 heterocycles. The summed E-state index contributed by atoms with van der Waals surface area (Å²) in [7, 11) is 0. The first kappa shape index (κ1) is 12.5. The highest BCUT2D eigenvalue weighted by atomic mass is 32.2. The van der Waals surface area contributed by atoms with Crippen molar-refractivity contribution in [2.75, 3.05) is 5.75 Å². The fourth-order valence-corrected chi connectivity index (χ4v) is 3.11. The van der Waals surface area contributed by atoms with E-state index in [0.29, 0.717) is 6.42 Å². The Morgan fingerprint density at radius 2 is 1.82 bits per heavy atom. The summed E-state index contributed by atoms with van der Waals surface area (Å²) in [6, 6.07) is 1.55. The van der Waals surface area contributed by atoms with Gasteiger partial charge in [-0.3, -0.25) is 4.79 Å². The van der Waals surface area contributed by atoms with Gasteiger partial charge in [-0.05, 0) is 30.7 Å². The molecule has 2 rings (SSSR count). The summed E-state index contributed by atoms with van der Waals surface area (Å²) < 4.78 is 38.7. The van der Waals surface area contributed by atoms with Gasteiger partial charge in [0.15, 0.2) is 23.2 Å². The number of ketones is 1. The van der Waals surface area contributed by atoms with Gasteiger partial charge in [-0.1, -0.05) is 6.42 Å². The van der Waals surface area contributed by atoms with Crippen molar-refractivity contribution in [1.29, 1.82) is 0 Å². The van der Waals surface area contributed by atoms with Crippen molar-refractivity contribution in [2.24, 2.45) is 0 Å². The van der Waals surface area contributed by atoms with Gasteiger partial charge in [-0.25, -0.2) is 13.2 Å². The summed E-state index contributed by atoms with van der Waals surface area (Å²) >= 11 is 1.49. The Kier molecular flexibility index (Phi) is 3.76. The number of halogens is 3. The molecule has 1 nitrogen and oxygen atoms in total. The maximum absolute atomic E-state index is 13.0. The topological polar surface area (TPSA) is 17.1 Å². The molecule has 0 aliphatic carbocycles. The molecule has 1 atom stereocenters. The van der Waals surface area contributed by atoms with E-state index < -0.39 is 17.5 Å². The number of benzene rings is 1. The lowest BCUT2D eigenvalue weighted by atomic mass is 10.0. The monoisotopic (exact) mass is 260 g/mol. The third-order valence-electron chi connectivity index (χ3n) is 2.74. The quantitative estimate of drug-likeness (QED) is 0.597. The molecule has 5 heteroatoms. The van der Waals surface area contributed by atoms with Gasteiger partial charge in [0.1, 0.15) is 0 Å². The maximum Gasteiger partial charge on any atom is 0.194 e. The zero-order valence-electron chi connectivity index (χ0n) is 9.01. The molecule has 0 amide bonds. The molecule has 92 valence electrons. The Morgan fingerprint density at radius 3 is 2.35 bits per heavy atom. The summed E-state index contributed by atoms with van der Waals surface area (Å²) in [6.07, 6.45) is 2.71. The average molecular weight is 260 g/mol. The van der Waals surface area contributed by atoms with Crippen molar-refractivity contribution in [2.45, 2.75) is 24.5 Å². The molecule has 1 aliphatic rings. The highest BCUT2D eigenvalue weighted by Crippen LogP contribution is 2.28. The first-order chi connectivity index (χ1) is 8.09. The van der Waals surface area contributed by atoms with Crippen LogP contribution in [-0.4, -0.2) is 16.8 Å². The van der Waals surface area contributed by atoms with E-state index in [0.717, 1.165) is 30.7 Å². The van der Waals surface area contributed by atoms with Crippen LogP contribution in [-0.2, 0) is 0 Å². The Balaban J connectivity index is 2.24. The summed E-state index contributed by atoms with van der Waals surface area (Å²) in [4.78, 5) is 11.9. The molecule has 1 aliphatic heterocycles. The summed E-state index contributed by atoms with van der Waals surface area (Å²) in [5.74, 6) is -3.59. The Hall–Kier alpha value is -0.970. The van der Waals surface area contributed by atoms with Crippen molar-refractivity contribution >= 4 is 17.5 Å². The highest BCUT2D eigenvalue weighted by molar-refractivity contribution is 8.00. The third kappa shape index (κ3) is 2.65. The van der Waals surface area contributed by atoms with Gasteiger partial charge in [0.25, 0.3) is 0 Å². The van der Waals surface area contributed by atoms with E-state index in [2.05, 4.69) is 0 Å². The van der Waals surface area contributed by atoms with E-state index in [1.807, 2.05) is 0 Å². The smallest absolute Gasteiger partial charge is 0.194 e. The summed E-state index contributed by atoms with van der Waals surface area (Å²) in [6.45, 7) is 0. The third-order valence-corrected chi connectivity index (χ3v) is 4.12. The van der Waals surface area contributed by atoms with Gasteiger partial charge < -0.3 is 0 Å². The standard InChI is InChI=1S/C12H11F3OS/c13-8-5-7(6-9(14)11(8)15)12(16)10-3-1-2-4-17-10/h5-6,10H,1-4H2. The van der Waals surface area contributed by atoms with E-state index in [-0.39, 0.29) is 16.6 Å². The maximum atomic E-state index is 13.0. The zero-order valence-corrected chi connectivity index (χ0v) is 9.83. The molecule has 0 saturated carbocycles. The second-order valence-corrected chi connectivity index (χ2v) is 5.28. The molecule has 0 aromatic heterocycles. The molecule has 1 fully saturated rings. The average Bonchev–Trinajstić information content (AvgIpc) is 2.35. The largest absolute Gasteiger partial charge is 0.293 e. The van der Waals surface area contributed by atoms with Crippen LogP contribution in [0.15, 0.2) is 12.1 Å². The number of rotatable bonds is 2. The first-order valence-electron chi connectivity index (χ1n) is 5.40. The van der Waals surface area contributed by atoms with Crippen LogP contribution in [0.1, 0.15) is 29.6 Å². The molecule has 1 unspecified atom stereocenters. The lowest BCUT2D eigenvalue weighted by molar-refractivity contribution is 0.0983. The lowest BCUT2D eigenvalue weighted by Crippen LogP contribution is -2.21. The fraction of sp³-hybridized carbons (Fsp3) is 0.417. The van der Waals surface area contributed by atoms with Crippen molar-refractivity contribution in [3.63, 3.8) is 0 Å². The van der Waals surface area contributed by atoms with Crippen molar-refractivity contribution in [3.05, 3.63) is 35.1 Å². The van der Waals surface area contributed by atoms with E-state index in [4.69, 9.17) is 0 Å². The Labute approximate surface area is 101 Å². The molecule has 1 aromatic rings. The molecule has 17 heavy (non-hydrogen) atoms. The number of carbonyl (C=O) groups is 1. The lowest BCUT2D eigenvalue weighted by Gasteiger charge is -2.19. The predicted octanol–water partition coefficient (Wildman–Crippen LogP) is 3.57. The van der Waals surface area contributed by atoms with Crippen molar-refractivity contribution in [3.8, 4) is 0 Å². The van der Waals surface area contributed by atoms with Gasteiger partial charge in [-0.15, -0.1) is 0 Å². The number of hydrogen-bond acceptors (Lipinski definition) is 2. The van der Waals surface area contributed by atoms with E-state index in [1.165, 1.54) is 11.8 Å². The fourth-order valence-electron chi connectivity index (χ4n) is 1.83. The predicted molar refractivity (Wildman–Crippen MR) is 60.7 cm³/mol. The van der Waals surface area contributed by atoms with Gasteiger partial charge in [0.2, 0.25) is 0 Å². The second kappa shape index (κ2) is 5.12. The van der Waals surface area contributed by atoms with Crippen LogP contribution in [0.25, 0.3) is 0 Å². The number of carbonyl (C=O) groups excluding carboxylic acids is 1. The minimum atomic E-state index is -1.53. The Morgan fingerprint density at radius 1 is 1.18 bits per heavy atom. The number of hydrogen-bond donors (Lipinski definition) is 0. The van der Waals surface area contributed by atoms with Crippen LogP contribution in [0.3, 0.4) is 0 Å². The molecule has 0 bridgehead atoms. The molecule has 0 radical (unpaired) electrons. The minimum absolute atomic E-state index is 0.0826.